The van der Waals surface area contributed by atoms with Crippen LogP contribution in [-0.4, -0.2) is 72.3 Å². The smallest absolute Gasteiger partial charge is 0.289 e. The number of rotatable bonds is 7. The van der Waals surface area contributed by atoms with E-state index >= 15 is 0 Å². The van der Waals surface area contributed by atoms with E-state index in [2.05, 4.69) is 18.7 Å². The fourth-order valence-corrected chi connectivity index (χ4v) is 2.86. The van der Waals surface area contributed by atoms with Gasteiger partial charge in [-0.25, -0.2) is 0 Å². The molecule has 1 aliphatic rings. The van der Waals surface area contributed by atoms with Crippen molar-refractivity contribution in [2.45, 2.75) is 26.7 Å². The van der Waals surface area contributed by atoms with Gasteiger partial charge >= 0.3 is 0 Å². The van der Waals surface area contributed by atoms with Crippen molar-refractivity contribution >= 4 is 11.8 Å². The van der Waals surface area contributed by atoms with E-state index in [1.54, 1.807) is 17.0 Å². The van der Waals surface area contributed by atoms with E-state index in [1.165, 1.54) is 6.26 Å². The minimum atomic E-state index is -0.0698. The summed E-state index contributed by atoms with van der Waals surface area (Å²) < 4.78 is 5.16. The van der Waals surface area contributed by atoms with Crippen LogP contribution in [0.4, 0.5) is 0 Å². The summed E-state index contributed by atoms with van der Waals surface area (Å²) in [5.74, 6) is 0.505. The van der Waals surface area contributed by atoms with Crippen molar-refractivity contribution in [2.24, 2.45) is 0 Å². The van der Waals surface area contributed by atoms with Gasteiger partial charge in [0, 0.05) is 39.3 Å². The first-order valence-corrected chi connectivity index (χ1v) is 8.48. The summed E-state index contributed by atoms with van der Waals surface area (Å²) in [7, 11) is 0. The number of carbonyl (C=O) groups excluding carboxylic acids is 2. The molecule has 0 spiro atoms. The highest BCUT2D eigenvalue weighted by atomic mass is 16.3. The molecule has 2 amide bonds. The topological polar surface area (TPSA) is 57.0 Å². The molecule has 1 aromatic heterocycles. The number of amides is 2. The van der Waals surface area contributed by atoms with E-state index < -0.39 is 0 Å². The molecule has 0 saturated carbocycles. The van der Waals surface area contributed by atoms with Gasteiger partial charge in [-0.05, 0) is 25.0 Å². The zero-order valence-corrected chi connectivity index (χ0v) is 14.2. The van der Waals surface area contributed by atoms with E-state index in [4.69, 9.17) is 4.42 Å². The molecule has 0 radical (unpaired) electrons. The SMILES string of the molecule is CCCN(CCC)C(=O)CN1CCN(C(=O)c2ccco2)CC1. The Morgan fingerprint density at radius 3 is 2.30 bits per heavy atom. The lowest BCUT2D eigenvalue weighted by molar-refractivity contribution is -0.132. The summed E-state index contributed by atoms with van der Waals surface area (Å²) in [6.07, 6.45) is 3.48. The molecule has 0 atom stereocenters. The lowest BCUT2D eigenvalue weighted by Gasteiger charge is -2.35. The van der Waals surface area contributed by atoms with Crippen molar-refractivity contribution in [2.75, 3.05) is 45.8 Å². The third kappa shape index (κ3) is 4.82. The highest BCUT2D eigenvalue weighted by molar-refractivity contribution is 5.91. The van der Waals surface area contributed by atoms with Crippen LogP contribution < -0.4 is 0 Å². The van der Waals surface area contributed by atoms with Crippen molar-refractivity contribution in [1.82, 2.24) is 14.7 Å². The van der Waals surface area contributed by atoms with Crippen molar-refractivity contribution < 1.29 is 14.0 Å². The molecule has 1 saturated heterocycles. The molecule has 2 rings (SSSR count). The minimum absolute atomic E-state index is 0.0698. The molecule has 2 heterocycles. The Hall–Kier alpha value is -1.82. The molecule has 0 bridgehead atoms. The number of piperazine rings is 1. The third-order valence-electron chi connectivity index (χ3n) is 4.09. The summed E-state index contributed by atoms with van der Waals surface area (Å²) in [4.78, 5) is 30.5. The molecule has 23 heavy (non-hydrogen) atoms. The summed E-state index contributed by atoms with van der Waals surface area (Å²) in [5.41, 5.74) is 0. The van der Waals surface area contributed by atoms with Gasteiger partial charge in [-0.15, -0.1) is 0 Å². The molecule has 128 valence electrons. The zero-order chi connectivity index (χ0) is 16.7. The second kappa shape index (κ2) is 8.72. The molecule has 1 aromatic rings. The van der Waals surface area contributed by atoms with Crippen LogP contribution in [0.5, 0.6) is 0 Å². The van der Waals surface area contributed by atoms with Crippen molar-refractivity contribution in [3.8, 4) is 0 Å². The Morgan fingerprint density at radius 2 is 1.78 bits per heavy atom. The number of carbonyl (C=O) groups is 2. The molecule has 1 fully saturated rings. The predicted octanol–water partition coefficient (Wildman–Crippen LogP) is 1.69. The standard InChI is InChI=1S/C17H27N3O3/c1-3-7-19(8-4-2)16(21)14-18-9-11-20(12-10-18)17(22)15-6-5-13-23-15/h5-6,13H,3-4,7-12,14H2,1-2H3. The van der Waals surface area contributed by atoms with Gasteiger partial charge in [0.15, 0.2) is 5.76 Å². The zero-order valence-electron chi connectivity index (χ0n) is 14.2. The second-order valence-electron chi connectivity index (χ2n) is 5.93. The van der Waals surface area contributed by atoms with E-state index in [1.807, 2.05) is 4.90 Å². The van der Waals surface area contributed by atoms with Gasteiger partial charge in [0.1, 0.15) is 0 Å². The largest absolute Gasteiger partial charge is 0.459 e. The molecule has 0 N–H and O–H groups in total. The summed E-state index contributed by atoms with van der Waals surface area (Å²) in [5, 5.41) is 0. The fourth-order valence-electron chi connectivity index (χ4n) is 2.86. The van der Waals surface area contributed by atoms with Crippen LogP contribution in [0.1, 0.15) is 37.2 Å². The number of furan rings is 1. The molecular weight excluding hydrogens is 294 g/mol. The lowest BCUT2D eigenvalue weighted by atomic mass is 10.2. The van der Waals surface area contributed by atoms with E-state index in [-0.39, 0.29) is 11.8 Å². The maximum Gasteiger partial charge on any atom is 0.289 e. The predicted molar refractivity (Wildman–Crippen MR) is 88.2 cm³/mol. The highest BCUT2D eigenvalue weighted by Gasteiger charge is 2.25. The molecule has 0 aliphatic carbocycles. The van der Waals surface area contributed by atoms with E-state index in [9.17, 15) is 9.59 Å². The van der Waals surface area contributed by atoms with Crippen LogP contribution >= 0.6 is 0 Å². The third-order valence-corrected chi connectivity index (χ3v) is 4.09. The van der Waals surface area contributed by atoms with Crippen LogP contribution in [0.2, 0.25) is 0 Å². The van der Waals surface area contributed by atoms with Crippen molar-refractivity contribution in [1.29, 1.82) is 0 Å². The Morgan fingerprint density at radius 1 is 1.13 bits per heavy atom. The average molecular weight is 321 g/mol. The number of hydrogen-bond acceptors (Lipinski definition) is 4. The number of hydrogen-bond donors (Lipinski definition) is 0. The van der Waals surface area contributed by atoms with Crippen molar-refractivity contribution in [3.05, 3.63) is 24.2 Å². The second-order valence-corrected chi connectivity index (χ2v) is 5.93. The molecule has 1 aliphatic heterocycles. The van der Waals surface area contributed by atoms with Crippen LogP contribution in [0, 0.1) is 0 Å². The maximum absolute atomic E-state index is 12.4. The van der Waals surface area contributed by atoms with Gasteiger partial charge in [0.2, 0.25) is 5.91 Å². The summed E-state index contributed by atoms with van der Waals surface area (Å²) in [6.45, 7) is 9.00. The van der Waals surface area contributed by atoms with Crippen LogP contribution in [0.15, 0.2) is 22.8 Å². The Balaban J connectivity index is 1.80. The van der Waals surface area contributed by atoms with Gasteiger partial charge in [-0.1, -0.05) is 13.8 Å². The molecular formula is C17H27N3O3. The monoisotopic (exact) mass is 321 g/mol. The van der Waals surface area contributed by atoms with Crippen LogP contribution in [0.3, 0.4) is 0 Å². The van der Waals surface area contributed by atoms with Gasteiger partial charge in [0.25, 0.3) is 5.91 Å². The van der Waals surface area contributed by atoms with Gasteiger partial charge in [-0.2, -0.15) is 0 Å². The Kier molecular flexibility index (Phi) is 6.65. The highest BCUT2D eigenvalue weighted by Crippen LogP contribution is 2.09. The first kappa shape index (κ1) is 17.5. The van der Waals surface area contributed by atoms with E-state index in [0.29, 0.717) is 25.4 Å². The quantitative estimate of drug-likeness (QED) is 0.767. The van der Waals surface area contributed by atoms with Gasteiger partial charge < -0.3 is 14.2 Å². The average Bonchev–Trinajstić information content (AvgIpc) is 3.09. The number of nitrogens with zero attached hydrogens (tertiary/aromatic N) is 3. The van der Waals surface area contributed by atoms with Gasteiger partial charge in [0.05, 0.1) is 12.8 Å². The van der Waals surface area contributed by atoms with E-state index in [0.717, 1.165) is 39.0 Å². The van der Waals surface area contributed by atoms with Crippen molar-refractivity contribution in [3.63, 3.8) is 0 Å². The van der Waals surface area contributed by atoms with Gasteiger partial charge in [-0.3, -0.25) is 14.5 Å². The first-order chi connectivity index (χ1) is 11.2. The summed E-state index contributed by atoms with van der Waals surface area (Å²) >= 11 is 0. The lowest BCUT2D eigenvalue weighted by Crippen LogP contribution is -2.51. The van der Waals surface area contributed by atoms with Crippen LogP contribution in [-0.2, 0) is 4.79 Å². The fraction of sp³-hybridized carbons (Fsp3) is 0.647. The maximum atomic E-state index is 12.4. The Labute approximate surface area is 138 Å². The molecule has 0 aromatic carbocycles. The Bertz CT molecular complexity index is 487. The van der Waals surface area contributed by atoms with Crippen LogP contribution in [0.25, 0.3) is 0 Å². The summed E-state index contributed by atoms with van der Waals surface area (Å²) in [6, 6.07) is 3.41. The molecule has 6 heteroatoms. The molecule has 6 nitrogen and oxygen atoms in total. The molecule has 0 unspecified atom stereocenters. The normalized spacial score (nSPS) is 15.7. The minimum Gasteiger partial charge on any atom is -0.459 e. The first-order valence-electron chi connectivity index (χ1n) is 8.48.